The quantitative estimate of drug-likeness (QED) is 0.0137. The van der Waals surface area contributed by atoms with Crippen LogP contribution in [0.5, 0.6) is 0 Å². The van der Waals surface area contributed by atoms with Gasteiger partial charge in [-0.25, -0.2) is 29.1 Å². The lowest BCUT2D eigenvalue weighted by molar-refractivity contribution is -0.248. The second-order valence-corrected chi connectivity index (χ2v) is 32.8. The molecule has 8 amide bonds. The molecule has 28 nitrogen and oxygen atoms in total. The number of aromatic nitrogens is 4. The highest BCUT2D eigenvalue weighted by molar-refractivity contribution is 7.85. The highest BCUT2D eigenvalue weighted by Crippen LogP contribution is 2.72. The first-order valence-electron chi connectivity index (χ1n) is 35.5. The third kappa shape index (κ3) is 19.8. The van der Waals surface area contributed by atoms with Crippen LogP contribution in [-0.2, 0) is 64.8 Å². The Morgan fingerprint density at radius 1 is 0.808 bits per heavy atom. The number of hydrogen-bond donors (Lipinski definition) is 9. The molecule has 30 heteroatoms. The maximum absolute atomic E-state index is 13.8. The van der Waals surface area contributed by atoms with Gasteiger partial charge in [-0.1, -0.05) is 81.9 Å². The third-order valence-corrected chi connectivity index (χ3v) is 21.9. The van der Waals surface area contributed by atoms with Gasteiger partial charge >= 0.3 is 24.2 Å². The molecule has 1 aliphatic heterocycles. The van der Waals surface area contributed by atoms with Crippen molar-refractivity contribution in [3.05, 3.63) is 119 Å². The second-order valence-electron chi connectivity index (χ2n) is 30.2. The highest BCUT2D eigenvalue weighted by Gasteiger charge is 2.66. The third-order valence-electron chi connectivity index (χ3n) is 20.2. The van der Waals surface area contributed by atoms with Crippen LogP contribution in [-0.4, -0.2) is 159 Å². The number of rotatable bonds is 33. The molecule has 6 aromatic rings. The summed E-state index contributed by atoms with van der Waals surface area (Å²) in [6.07, 6.45) is 8.73. The zero-order chi connectivity index (χ0) is 74.9. The van der Waals surface area contributed by atoms with Crippen LogP contribution in [0.4, 0.5) is 31.0 Å². The summed E-state index contributed by atoms with van der Waals surface area (Å²) < 4.78 is 55.0. The average Bonchev–Trinajstić information content (AvgIpc) is 0.776. The van der Waals surface area contributed by atoms with Gasteiger partial charge in [0.2, 0.25) is 11.8 Å². The molecule has 4 heterocycles. The monoisotopic (exact) mass is 1470 g/mol. The minimum absolute atomic E-state index is 0.0422. The fourth-order valence-electron chi connectivity index (χ4n) is 16.4. The van der Waals surface area contributed by atoms with Gasteiger partial charge in [0.15, 0.2) is 16.4 Å². The van der Waals surface area contributed by atoms with Crippen LogP contribution >= 0.6 is 11.3 Å². The summed E-state index contributed by atoms with van der Waals surface area (Å²) in [6, 6.07) is 21.9. The number of carbonyl (C=O) groups is 8. The van der Waals surface area contributed by atoms with E-state index >= 15 is 0 Å². The first-order valence-corrected chi connectivity index (χ1v) is 37.9. The Labute approximate surface area is 609 Å². The summed E-state index contributed by atoms with van der Waals surface area (Å²) in [6.45, 7) is 16.4. The van der Waals surface area contributed by atoms with E-state index in [1.165, 1.54) is 30.1 Å². The lowest BCUT2D eigenvalue weighted by Crippen LogP contribution is -2.64. The Morgan fingerprint density at radius 2 is 1.54 bits per heavy atom. The minimum atomic E-state index is -4.49. The van der Waals surface area contributed by atoms with Crippen molar-refractivity contribution in [2.75, 3.05) is 60.6 Å². The van der Waals surface area contributed by atoms with E-state index in [9.17, 15) is 56.4 Å². The molecule has 4 fully saturated rings. The van der Waals surface area contributed by atoms with E-state index < -0.39 is 63.2 Å². The number of carboxylic acids is 1. The maximum Gasteiger partial charge on any atom is 0.410 e. The Bertz CT molecular complexity index is 4240. The van der Waals surface area contributed by atoms with Crippen LogP contribution in [0.3, 0.4) is 0 Å². The van der Waals surface area contributed by atoms with E-state index in [1.54, 1.807) is 42.6 Å². The number of nitrogens with zero attached hydrogens (tertiary/aromatic N) is 6. The first-order chi connectivity index (χ1) is 49.2. The number of nitrogens with two attached hydrogens (primary N) is 1. The fraction of sp³-hybridized carbons (Fsp3) is 0.527. The van der Waals surface area contributed by atoms with Gasteiger partial charge in [0.25, 0.3) is 21.9 Å². The molecule has 4 atom stereocenters. The molecule has 3 aromatic heterocycles. The number of pyridine rings is 1. The van der Waals surface area contributed by atoms with Crippen LogP contribution in [0.1, 0.15) is 169 Å². The van der Waals surface area contributed by atoms with Crippen molar-refractivity contribution in [3.63, 3.8) is 0 Å². The van der Waals surface area contributed by atoms with Gasteiger partial charge < -0.3 is 61.4 Å². The lowest BCUT2D eigenvalue weighted by Gasteiger charge is -2.69. The number of ether oxygens (including phenoxy) is 3. The number of aromatic carboxylic acids is 1. The van der Waals surface area contributed by atoms with Crippen molar-refractivity contribution in [3.8, 4) is 11.1 Å². The van der Waals surface area contributed by atoms with E-state index in [4.69, 9.17) is 30.0 Å². The number of primary amides is 1. The SMILES string of the molecule is Cc1c(-c2ccc(N3CCc4cccc(C(=O)Nc5nc6ccccc6s5)c4C3)nc2C(=O)O)cnn1CC12CC3(C)CC(C)(C1)CC(OCCN(CCS(=O)(=O)O)C(=O)OCc1ccc(NC(=O)C(C)(C)OC(=O)NCCCCCC(=O)N[C@H](C(=O)N[C@@H](C)CCCNC(N)=O)C(C)C)cc1)(C3)C2. The van der Waals surface area contributed by atoms with Crippen LogP contribution < -0.4 is 42.5 Å². The molecule has 5 aliphatic rings. The molecular formula is C74H97N13O15S2. The van der Waals surface area contributed by atoms with Crippen molar-refractivity contribution < 1.29 is 70.6 Å². The van der Waals surface area contributed by atoms with Gasteiger partial charge in [-0.3, -0.25) is 33.7 Å². The smallest absolute Gasteiger partial charge is 0.410 e. The lowest BCUT2D eigenvalue weighted by atomic mass is 9.39. The molecule has 2 unspecified atom stereocenters. The molecule has 0 spiro atoms. The van der Waals surface area contributed by atoms with Crippen molar-refractivity contribution >= 4 is 96.1 Å². The highest BCUT2D eigenvalue weighted by atomic mass is 32.2. The van der Waals surface area contributed by atoms with Gasteiger partial charge in [0.1, 0.15) is 18.5 Å². The zero-order valence-electron chi connectivity index (χ0n) is 60.4. The van der Waals surface area contributed by atoms with Crippen LogP contribution in [0, 0.1) is 29.1 Å². The summed E-state index contributed by atoms with van der Waals surface area (Å²) in [5, 5.41) is 32.8. The molecular weight excluding hydrogens is 1380 g/mol. The largest absolute Gasteiger partial charge is 0.476 e. The number of hydrogen-bond acceptors (Lipinski definition) is 18. The van der Waals surface area contributed by atoms with Gasteiger partial charge in [-0.05, 0) is 180 Å². The summed E-state index contributed by atoms with van der Waals surface area (Å²) in [4.78, 5) is 116. The van der Waals surface area contributed by atoms with E-state index in [1.807, 2.05) is 79.7 Å². The standard InChI is InChI=1S/C74H97N13O15S2/c1-46(2)60(63(90)79-47(3)16-15-30-76-66(75)94)83-59(88)21-10-9-13-29-77-68(95)102-70(5,6)65(93)80-51-24-22-49(23-25-51)38-100-69(96)85(33-35-104(97,98)99)32-34-101-74-42-71(7)39-72(8,43-74)41-73(40-71,44-74)45-87-48(4)54(36-78-87)52-26-27-58(82-61(52)64(91)92)86-31-28-50-17-14-18-53(55(50)37-86)62(89)84-67-81-56-19-11-12-20-57(56)103-67/h11-12,14,17-20,22-27,36,46-47,60H,9-10,13,15-16,21,28-35,37-45H2,1-8H3,(H,77,95)(H,79,90)(H,80,93)(H,83,88)(H,91,92)(H3,75,76,94)(H,81,84,89)(H,97,98,99)/t47-,60-,71?,72?,73?,74?/m0/s1. The number of benzene rings is 3. The van der Waals surface area contributed by atoms with Crippen molar-refractivity contribution in [2.45, 2.75) is 182 Å². The van der Waals surface area contributed by atoms with Crippen molar-refractivity contribution in [2.24, 2.45) is 27.9 Å². The number of thiazole rings is 1. The fourth-order valence-corrected chi connectivity index (χ4v) is 17.7. The number of para-hydroxylation sites is 1. The van der Waals surface area contributed by atoms with E-state index in [-0.39, 0.29) is 90.9 Å². The number of fused-ring (bicyclic) bond motifs is 2. The number of unbranched alkanes of at least 4 members (excludes halogenated alkanes) is 2. The Hall–Kier alpha value is -9.26. The second kappa shape index (κ2) is 32.4. The number of amides is 8. The summed E-state index contributed by atoms with van der Waals surface area (Å²) in [5.74, 6) is -3.09. The van der Waals surface area contributed by atoms with E-state index in [0.717, 1.165) is 59.1 Å². The molecule has 0 saturated heterocycles. The number of carboxylic acid groups (broad SMARTS) is 1. The maximum atomic E-state index is 13.8. The number of nitrogens with one attached hydrogen (secondary N) is 6. The summed E-state index contributed by atoms with van der Waals surface area (Å²) >= 11 is 1.40. The minimum Gasteiger partial charge on any atom is -0.476 e. The van der Waals surface area contributed by atoms with Crippen molar-refractivity contribution in [1.29, 1.82) is 0 Å². The predicted molar refractivity (Wildman–Crippen MR) is 392 cm³/mol. The number of carbonyl (C=O) groups excluding carboxylic acids is 7. The van der Waals surface area contributed by atoms with Gasteiger partial charge in [0.05, 0.1) is 34.4 Å². The summed E-state index contributed by atoms with van der Waals surface area (Å²) in [5.41, 5.74) is 8.24. The van der Waals surface area contributed by atoms with Gasteiger partial charge in [-0.2, -0.15) is 13.5 Å². The zero-order valence-corrected chi connectivity index (χ0v) is 62.0. The molecule has 4 saturated carbocycles. The Balaban J connectivity index is 0.690. The average molecular weight is 1470 g/mol. The van der Waals surface area contributed by atoms with Crippen LogP contribution in [0.2, 0.25) is 0 Å². The first kappa shape index (κ1) is 77.4. The topological polar surface area (TPSA) is 387 Å². The normalized spacial score (nSPS) is 20.2. The molecule has 3 aromatic carbocycles. The Morgan fingerprint density at radius 3 is 2.24 bits per heavy atom. The van der Waals surface area contributed by atoms with Crippen molar-refractivity contribution in [1.82, 2.24) is 45.9 Å². The van der Waals surface area contributed by atoms with Gasteiger partial charge in [0, 0.05) is 86.3 Å². The molecule has 4 aliphatic carbocycles. The van der Waals surface area contributed by atoms with Crippen LogP contribution in [0.15, 0.2) is 85.1 Å². The number of anilines is 3. The van der Waals surface area contributed by atoms with Gasteiger partial charge in [-0.15, -0.1) is 0 Å². The number of urea groups is 1. The molecule has 11 rings (SSSR count). The molecule has 560 valence electrons. The van der Waals surface area contributed by atoms with Crippen LogP contribution in [0.25, 0.3) is 21.3 Å². The molecule has 0 radical (unpaired) electrons. The van der Waals surface area contributed by atoms with E-state index in [2.05, 4.69) is 50.7 Å². The molecule has 10 N–H and O–H groups in total. The molecule has 104 heavy (non-hydrogen) atoms. The molecule has 4 bridgehead atoms. The van der Waals surface area contributed by atoms with E-state index in [0.29, 0.717) is 110 Å². The Kier molecular flexibility index (Phi) is 24.1. The number of alkyl carbamates (subject to hydrolysis) is 1. The summed E-state index contributed by atoms with van der Waals surface area (Å²) in [7, 11) is -4.49. The predicted octanol–water partition coefficient (Wildman–Crippen LogP) is 10.1.